The summed E-state index contributed by atoms with van der Waals surface area (Å²) in [7, 11) is 0. The van der Waals surface area contributed by atoms with Gasteiger partial charge in [-0.25, -0.2) is 18.4 Å². The van der Waals surface area contributed by atoms with Gasteiger partial charge in [-0.15, -0.1) is 0 Å². The minimum Gasteiger partial charge on any atom is -0.480 e. The normalized spacial score (nSPS) is 13.7. The Morgan fingerprint density at radius 1 is 1.39 bits per heavy atom. The van der Waals surface area contributed by atoms with Gasteiger partial charge < -0.3 is 15.5 Å². The van der Waals surface area contributed by atoms with E-state index >= 15 is 0 Å². The van der Waals surface area contributed by atoms with Crippen molar-refractivity contribution in [3.05, 3.63) is 48.1 Å². The number of halogens is 2. The third-order valence-corrected chi connectivity index (χ3v) is 3.31. The van der Waals surface area contributed by atoms with Crippen molar-refractivity contribution in [1.29, 1.82) is 0 Å². The van der Waals surface area contributed by atoms with Crippen molar-refractivity contribution >= 4 is 5.97 Å². The maximum atomic E-state index is 14.1. The number of benzene rings is 1. The van der Waals surface area contributed by atoms with Crippen LogP contribution in [0.5, 0.6) is 0 Å². The monoisotopic (exact) mass is 326 g/mol. The minimum absolute atomic E-state index is 0.00267. The Morgan fingerprint density at radius 3 is 2.78 bits per heavy atom. The molecule has 1 aromatic heterocycles. The van der Waals surface area contributed by atoms with Crippen LogP contribution in [0.1, 0.15) is 12.0 Å². The van der Waals surface area contributed by atoms with Crippen molar-refractivity contribution in [2.75, 3.05) is 13.1 Å². The van der Waals surface area contributed by atoms with Crippen LogP contribution in [0.25, 0.3) is 0 Å². The molecule has 0 bridgehead atoms. The van der Waals surface area contributed by atoms with E-state index in [4.69, 9.17) is 5.11 Å². The van der Waals surface area contributed by atoms with Gasteiger partial charge in [0.25, 0.3) is 0 Å². The molecule has 7 nitrogen and oxygen atoms in total. The van der Waals surface area contributed by atoms with Crippen LogP contribution in [-0.4, -0.2) is 44.0 Å². The van der Waals surface area contributed by atoms with E-state index in [-0.39, 0.29) is 31.6 Å². The predicted molar refractivity (Wildman–Crippen MR) is 75.4 cm³/mol. The van der Waals surface area contributed by atoms with E-state index in [0.29, 0.717) is 6.07 Å². The molecule has 1 atom stereocenters. The van der Waals surface area contributed by atoms with Crippen molar-refractivity contribution < 1.29 is 23.8 Å². The predicted octanol–water partition coefficient (Wildman–Crippen LogP) is 0.508. The topological polar surface area (TPSA) is 100 Å². The number of nitrogens with one attached hydrogen (secondary N) is 1. The molecule has 23 heavy (non-hydrogen) atoms. The largest absolute Gasteiger partial charge is 0.480 e. The van der Waals surface area contributed by atoms with Crippen LogP contribution in [-0.2, 0) is 16.9 Å². The summed E-state index contributed by atoms with van der Waals surface area (Å²) in [5.41, 5.74) is -1.79. The first kappa shape index (κ1) is 17.0. The van der Waals surface area contributed by atoms with Crippen LogP contribution < -0.4 is 5.32 Å². The molecule has 0 saturated heterocycles. The first-order chi connectivity index (χ1) is 10.9. The molecular formula is C14H16F2N4O3. The summed E-state index contributed by atoms with van der Waals surface area (Å²) in [4.78, 5) is 14.2. The zero-order chi connectivity index (χ0) is 16.9. The molecule has 0 amide bonds. The van der Waals surface area contributed by atoms with E-state index in [1.54, 1.807) is 0 Å². The number of hydrogen-bond donors (Lipinski definition) is 3. The molecule has 0 aliphatic heterocycles. The van der Waals surface area contributed by atoms with Gasteiger partial charge in [-0.05, 0) is 19.0 Å². The second-order valence-corrected chi connectivity index (χ2v) is 5.07. The van der Waals surface area contributed by atoms with Crippen LogP contribution in [0, 0.1) is 11.6 Å². The highest BCUT2D eigenvalue weighted by atomic mass is 19.1. The summed E-state index contributed by atoms with van der Waals surface area (Å²) < 4.78 is 28.5. The lowest BCUT2D eigenvalue weighted by Gasteiger charge is -2.29. The van der Waals surface area contributed by atoms with Gasteiger partial charge >= 0.3 is 5.97 Å². The Hall–Kier alpha value is -2.39. The zero-order valence-electron chi connectivity index (χ0n) is 12.1. The van der Waals surface area contributed by atoms with Gasteiger partial charge in [0.2, 0.25) is 0 Å². The average Bonchev–Trinajstić information content (AvgIpc) is 2.96. The van der Waals surface area contributed by atoms with Crippen molar-refractivity contribution in [3.8, 4) is 0 Å². The molecule has 3 N–H and O–H groups in total. The summed E-state index contributed by atoms with van der Waals surface area (Å²) in [6.45, 7) is -0.274. The second kappa shape index (κ2) is 7.25. The molecule has 2 aromatic rings. The number of aliphatic carboxylic acids is 1. The number of rotatable bonds is 8. The second-order valence-electron chi connectivity index (χ2n) is 5.07. The number of aliphatic hydroxyl groups is 1. The summed E-state index contributed by atoms with van der Waals surface area (Å²) in [5.74, 6) is -2.68. The molecular weight excluding hydrogens is 310 g/mol. The number of nitrogens with zero attached hydrogens (tertiary/aromatic N) is 3. The quantitative estimate of drug-likeness (QED) is 0.611. The molecule has 0 radical (unpaired) electrons. The Balaban J connectivity index is 2.21. The fourth-order valence-corrected chi connectivity index (χ4v) is 2.24. The molecule has 0 saturated carbocycles. The molecule has 1 aromatic carbocycles. The highest BCUT2D eigenvalue weighted by Crippen LogP contribution is 2.29. The van der Waals surface area contributed by atoms with E-state index < -0.39 is 23.2 Å². The summed E-state index contributed by atoms with van der Waals surface area (Å²) in [5, 5.41) is 25.9. The van der Waals surface area contributed by atoms with Gasteiger partial charge in [-0.1, -0.05) is 6.07 Å². The molecule has 0 spiro atoms. The SMILES string of the molecule is O=C(O)CNCCC(O)(Cn1cncn1)c1ccc(F)cc1F. The van der Waals surface area contributed by atoms with E-state index in [1.165, 1.54) is 23.4 Å². The van der Waals surface area contributed by atoms with Crippen molar-refractivity contribution in [3.63, 3.8) is 0 Å². The maximum absolute atomic E-state index is 14.1. The number of carboxylic acid groups (broad SMARTS) is 1. The molecule has 0 aliphatic carbocycles. The summed E-state index contributed by atoms with van der Waals surface area (Å²) >= 11 is 0. The van der Waals surface area contributed by atoms with Crippen LogP contribution in [0.15, 0.2) is 30.9 Å². The smallest absolute Gasteiger partial charge is 0.317 e. The van der Waals surface area contributed by atoms with Gasteiger partial charge in [-0.2, -0.15) is 5.10 Å². The number of carbonyl (C=O) groups is 1. The lowest BCUT2D eigenvalue weighted by atomic mass is 9.89. The van der Waals surface area contributed by atoms with Crippen molar-refractivity contribution in [1.82, 2.24) is 20.1 Å². The van der Waals surface area contributed by atoms with E-state index in [9.17, 15) is 18.7 Å². The van der Waals surface area contributed by atoms with Crippen molar-refractivity contribution in [2.45, 2.75) is 18.6 Å². The van der Waals surface area contributed by atoms with Crippen LogP contribution in [0.2, 0.25) is 0 Å². The Bertz CT molecular complexity index is 666. The number of carboxylic acids is 1. The Morgan fingerprint density at radius 2 is 2.17 bits per heavy atom. The van der Waals surface area contributed by atoms with E-state index in [1.807, 2.05) is 0 Å². The van der Waals surface area contributed by atoms with Gasteiger partial charge in [-0.3, -0.25) is 4.79 Å². The number of hydrogen-bond acceptors (Lipinski definition) is 5. The zero-order valence-corrected chi connectivity index (χ0v) is 12.1. The van der Waals surface area contributed by atoms with Crippen LogP contribution >= 0.6 is 0 Å². The van der Waals surface area contributed by atoms with Gasteiger partial charge in [0, 0.05) is 11.6 Å². The van der Waals surface area contributed by atoms with E-state index in [2.05, 4.69) is 15.4 Å². The lowest BCUT2D eigenvalue weighted by Crippen LogP contribution is -2.37. The molecule has 1 heterocycles. The summed E-state index contributed by atoms with van der Waals surface area (Å²) in [6.07, 6.45) is 2.63. The standard InChI is InChI=1S/C14H16F2N4O3/c15-10-1-2-11(12(16)5-10)14(23,3-4-17-6-13(21)22)7-20-9-18-8-19-20/h1-2,5,8-9,17,23H,3-4,6-7H2,(H,21,22). The number of aromatic nitrogens is 3. The Kier molecular flexibility index (Phi) is 5.35. The highest BCUT2D eigenvalue weighted by molar-refractivity contribution is 5.68. The van der Waals surface area contributed by atoms with Crippen LogP contribution in [0.3, 0.4) is 0 Å². The molecule has 9 heteroatoms. The third-order valence-electron chi connectivity index (χ3n) is 3.31. The minimum atomic E-state index is -1.70. The fraction of sp³-hybridized carbons (Fsp3) is 0.357. The third kappa shape index (κ3) is 4.54. The first-order valence-electron chi connectivity index (χ1n) is 6.83. The molecule has 0 aliphatic rings. The first-order valence-corrected chi connectivity index (χ1v) is 6.83. The molecule has 1 unspecified atom stereocenters. The van der Waals surface area contributed by atoms with Gasteiger partial charge in [0.15, 0.2) is 0 Å². The fourth-order valence-electron chi connectivity index (χ4n) is 2.24. The van der Waals surface area contributed by atoms with Gasteiger partial charge in [0.05, 0.1) is 13.1 Å². The Labute approximate surface area is 130 Å². The average molecular weight is 326 g/mol. The van der Waals surface area contributed by atoms with E-state index in [0.717, 1.165) is 6.07 Å². The summed E-state index contributed by atoms with van der Waals surface area (Å²) in [6, 6.07) is 2.90. The van der Waals surface area contributed by atoms with Crippen LogP contribution in [0.4, 0.5) is 8.78 Å². The lowest BCUT2D eigenvalue weighted by molar-refractivity contribution is -0.136. The molecule has 124 valence electrons. The molecule has 0 fully saturated rings. The molecule has 2 rings (SSSR count). The van der Waals surface area contributed by atoms with Crippen molar-refractivity contribution in [2.24, 2.45) is 0 Å². The van der Waals surface area contributed by atoms with Gasteiger partial charge in [0.1, 0.15) is 29.9 Å². The highest BCUT2D eigenvalue weighted by Gasteiger charge is 2.33. The maximum Gasteiger partial charge on any atom is 0.317 e.